The fourth-order valence-electron chi connectivity index (χ4n) is 11.7. The number of nitrogens with zero attached hydrogens (tertiary/aromatic N) is 3. The summed E-state index contributed by atoms with van der Waals surface area (Å²) >= 11 is 3.90. The number of ether oxygens (including phenoxy) is 1. The zero-order valence-corrected chi connectivity index (χ0v) is 48.3. The predicted molar refractivity (Wildman–Crippen MR) is 317 cm³/mol. The average Bonchev–Trinajstić information content (AvgIpc) is 4.11. The van der Waals surface area contributed by atoms with Crippen LogP contribution in [-0.4, -0.2) is 28.7 Å². The van der Waals surface area contributed by atoms with Crippen LogP contribution in [0.3, 0.4) is 0 Å². The van der Waals surface area contributed by atoms with Gasteiger partial charge in [0.2, 0.25) is 0 Å². The number of allylic oxidation sites excluding steroid dienone is 2. The lowest BCUT2D eigenvalue weighted by molar-refractivity contribution is -0.00594. The highest BCUT2D eigenvalue weighted by Gasteiger charge is 2.38. The quantitative estimate of drug-likeness (QED) is 0.0547. The molecule has 2 aliphatic heterocycles. The van der Waals surface area contributed by atoms with Crippen LogP contribution in [0.5, 0.6) is 0 Å². The number of hydrogen-bond acceptors (Lipinski definition) is 5. The second kappa shape index (κ2) is 24.9. The highest BCUT2D eigenvalue weighted by Crippen LogP contribution is 2.43. The van der Waals surface area contributed by atoms with E-state index in [1.807, 2.05) is 23.1 Å². The molecule has 8 rings (SSSR count). The van der Waals surface area contributed by atoms with Crippen LogP contribution in [0, 0.1) is 5.92 Å². The molecule has 72 heavy (non-hydrogen) atoms. The summed E-state index contributed by atoms with van der Waals surface area (Å²) < 4.78 is 9.47. The molecule has 5 aromatic rings. The number of unbranched alkanes of at least 4 members (excludes halogenated alkanes) is 11. The van der Waals surface area contributed by atoms with Crippen LogP contribution in [0.1, 0.15) is 238 Å². The Morgan fingerprint density at radius 2 is 1.25 bits per heavy atom. The van der Waals surface area contributed by atoms with Crippen molar-refractivity contribution in [3.05, 3.63) is 105 Å². The van der Waals surface area contributed by atoms with Crippen LogP contribution >= 0.6 is 23.1 Å². The van der Waals surface area contributed by atoms with Gasteiger partial charge in [0.25, 0.3) is 0 Å². The topological polar surface area (TPSA) is 38.9 Å². The van der Waals surface area contributed by atoms with Gasteiger partial charge in [-0.05, 0) is 109 Å². The minimum atomic E-state index is -0.409. The Morgan fingerprint density at radius 1 is 0.639 bits per heavy atom. The maximum absolute atomic E-state index is 6.64. The molecule has 0 amide bonds. The fraction of sp³-hybridized carbons (Fsp3) is 0.606. The smallest absolute Gasteiger partial charge is 0.151 e. The Kier molecular flexibility index (Phi) is 19.0. The third-order valence-corrected chi connectivity index (χ3v) is 19.2. The van der Waals surface area contributed by atoms with Crippen LogP contribution in [-0.2, 0) is 15.6 Å². The number of rotatable bonds is 25. The number of benzene rings is 3. The molecule has 6 heteroatoms. The van der Waals surface area contributed by atoms with Gasteiger partial charge in [-0.15, -0.1) is 23.1 Å². The normalized spacial score (nSPS) is 18.7. The average molecular weight is 1010 g/mol. The van der Waals surface area contributed by atoms with Crippen LogP contribution in [0.15, 0.2) is 82.8 Å². The molecule has 1 saturated carbocycles. The van der Waals surface area contributed by atoms with Crippen LogP contribution in [0.2, 0.25) is 0 Å². The van der Waals surface area contributed by atoms with E-state index in [1.165, 1.54) is 180 Å². The first-order chi connectivity index (χ1) is 34.8. The number of hydrogen-bond donors (Lipinski definition) is 0. The van der Waals surface area contributed by atoms with E-state index < -0.39 is 5.66 Å². The van der Waals surface area contributed by atoms with Crippen molar-refractivity contribution >= 4 is 55.4 Å². The summed E-state index contributed by atoms with van der Waals surface area (Å²) in [5.41, 5.74) is 9.28. The van der Waals surface area contributed by atoms with Crippen molar-refractivity contribution in [3.63, 3.8) is 0 Å². The van der Waals surface area contributed by atoms with Crippen LogP contribution in [0.4, 0.5) is 0 Å². The summed E-state index contributed by atoms with van der Waals surface area (Å²) in [7, 11) is 0. The summed E-state index contributed by atoms with van der Waals surface area (Å²) in [6.45, 7) is 24.2. The molecular formula is C66H93N3OS2. The molecule has 4 nitrogen and oxygen atoms in total. The molecule has 1 unspecified atom stereocenters. The molecule has 4 heterocycles. The van der Waals surface area contributed by atoms with E-state index in [1.54, 1.807) is 0 Å². The van der Waals surface area contributed by atoms with Crippen LogP contribution in [0.25, 0.3) is 42.7 Å². The lowest BCUT2D eigenvalue weighted by Gasteiger charge is -2.33. The largest absolute Gasteiger partial charge is 0.378 e. The molecular weight excluding hydrogens is 915 g/mol. The van der Waals surface area contributed by atoms with Crippen molar-refractivity contribution in [2.75, 3.05) is 12.4 Å². The lowest BCUT2D eigenvalue weighted by atomic mass is 9.86. The molecule has 1 aliphatic carbocycles. The summed E-state index contributed by atoms with van der Waals surface area (Å²) in [6.07, 6.45) is 32.7. The van der Waals surface area contributed by atoms with Crippen molar-refractivity contribution in [2.45, 2.75) is 239 Å². The van der Waals surface area contributed by atoms with E-state index in [-0.39, 0.29) is 10.8 Å². The number of thiophene rings is 1. The van der Waals surface area contributed by atoms with E-state index in [9.17, 15) is 0 Å². The Labute approximate surface area is 445 Å². The predicted octanol–water partition coefficient (Wildman–Crippen LogP) is 19.5. The highest BCUT2D eigenvalue weighted by molar-refractivity contribution is 8.08. The second-order valence-electron chi connectivity index (χ2n) is 24.3. The summed E-state index contributed by atoms with van der Waals surface area (Å²) in [4.78, 5) is 15.4. The SMILES string of the molecule is CCCCCCCCC(CCCCCCCC)n1c2cc(C3=CC=C(c4ccc(-c5ccc(C(C)(C)C)s5)c5c4=NC4(CCC(OCC(CC)CCCC)CC4)N=5)SC3)ccc2c2ccc(C(C)(C)C)cc21. The summed E-state index contributed by atoms with van der Waals surface area (Å²) in [5.74, 6) is 1.60. The minimum Gasteiger partial charge on any atom is -0.378 e. The third-order valence-electron chi connectivity index (χ3n) is 16.5. The number of aromatic nitrogens is 1. The molecule has 3 aliphatic rings. The van der Waals surface area contributed by atoms with Gasteiger partial charge in [0.15, 0.2) is 5.66 Å². The molecule has 1 spiro atoms. The second-order valence-corrected chi connectivity index (χ2v) is 26.4. The highest BCUT2D eigenvalue weighted by atomic mass is 32.2. The Morgan fingerprint density at radius 3 is 1.85 bits per heavy atom. The first kappa shape index (κ1) is 54.8. The molecule has 0 radical (unpaired) electrons. The van der Waals surface area contributed by atoms with Gasteiger partial charge in [-0.1, -0.05) is 208 Å². The zero-order valence-electron chi connectivity index (χ0n) is 46.7. The number of fused-ring (bicyclic) bond motifs is 4. The van der Waals surface area contributed by atoms with Crippen molar-refractivity contribution in [2.24, 2.45) is 15.9 Å². The van der Waals surface area contributed by atoms with Gasteiger partial charge in [-0.3, -0.25) is 9.98 Å². The van der Waals surface area contributed by atoms with E-state index in [2.05, 4.69) is 147 Å². The molecule has 1 fully saturated rings. The first-order valence-electron chi connectivity index (χ1n) is 29.2. The molecule has 1 atom stereocenters. The van der Waals surface area contributed by atoms with Crippen molar-refractivity contribution in [3.8, 4) is 10.4 Å². The van der Waals surface area contributed by atoms with E-state index >= 15 is 0 Å². The molecule has 0 saturated heterocycles. The Bertz CT molecular complexity index is 2750. The third kappa shape index (κ3) is 13.1. The number of thioether (sulfide) groups is 1. The fourth-order valence-corrected chi connectivity index (χ4v) is 13.9. The summed E-state index contributed by atoms with van der Waals surface area (Å²) in [5, 5.41) is 5.00. The van der Waals surface area contributed by atoms with E-state index in [4.69, 9.17) is 14.7 Å². The Balaban J connectivity index is 1.13. The van der Waals surface area contributed by atoms with Gasteiger partial charge in [0, 0.05) is 66.0 Å². The van der Waals surface area contributed by atoms with Gasteiger partial charge in [-0.25, -0.2) is 0 Å². The first-order valence-corrected chi connectivity index (χ1v) is 31.0. The van der Waals surface area contributed by atoms with E-state index in [0.29, 0.717) is 18.1 Å². The van der Waals surface area contributed by atoms with Gasteiger partial charge in [-0.2, -0.15) is 0 Å². The molecule has 0 N–H and O–H groups in total. The van der Waals surface area contributed by atoms with E-state index in [0.717, 1.165) is 48.8 Å². The maximum Gasteiger partial charge on any atom is 0.151 e. The van der Waals surface area contributed by atoms with Crippen molar-refractivity contribution in [1.82, 2.24) is 4.57 Å². The van der Waals surface area contributed by atoms with Crippen molar-refractivity contribution in [1.29, 1.82) is 0 Å². The zero-order chi connectivity index (χ0) is 50.9. The van der Waals surface area contributed by atoms with Crippen molar-refractivity contribution < 1.29 is 4.74 Å². The molecule has 3 aromatic carbocycles. The lowest BCUT2D eigenvalue weighted by Crippen LogP contribution is -2.34. The standard InChI is InChI=1S/C66H93N3OS2/c1-11-15-18-20-22-24-27-51(28-25-23-21-19-16-12-2)69-57-43-48(29-32-53(57)54-33-31-50(44-58(54)69)64(5,6)7)49-30-36-59(71-46-49)55-34-35-56(60-37-38-61(72-60)65(8,9)10)63-62(55)67-66(68-63)41-39-52(40-42-66)70-45-47(14-4)26-17-13-3/h29-38,43-44,47,51-52H,11-28,39-42,45-46H2,1-10H3. The molecule has 390 valence electrons. The minimum absolute atomic E-state index is 0.0885. The van der Waals surface area contributed by atoms with Gasteiger partial charge < -0.3 is 9.30 Å². The van der Waals surface area contributed by atoms with Crippen LogP contribution < -0.4 is 10.7 Å². The van der Waals surface area contributed by atoms with Gasteiger partial charge >= 0.3 is 0 Å². The molecule has 2 aromatic heterocycles. The summed E-state index contributed by atoms with van der Waals surface area (Å²) in [6, 6.07) is 24.7. The van der Waals surface area contributed by atoms with Gasteiger partial charge in [0.05, 0.1) is 16.8 Å². The molecule has 0 bridgehead atoms. The maximum atomic E-state index is 6.64. The monoisotopic (exact) mass is 1010 g/mol. The Hall–Kier alpha value is -3.45. The van der Waals surface area contributed by atoms with Gasteiger partial charge in [0.1, 0.15) is 0 Å².